The van der Waals surface area contributed by atoms with Gasteiger partial charge in [0.1, 0.15) is 0 Å². The molecule has 0 aliphatic heterocycles. The molecule has 1 aliphatic carbocycles. The molecule has 1 unspecified atom stereocenters. The van der Waals surface area contributed by atoms with Gasteiger partial charge in [-0.05, 0) is 298 Å². The number of nitrogens with zero attached hydrogens (tertiary/aromatic N) is 5. The molecule has 1 aliphatic rings. The molecule has 4 aromatic heterocycles. The van der Waals surface area contributed by atoms with Crippen molar-refractivity contribution in [2.45, 2.75) is 5.92 Å². The molecule has 0 N–H and O–H groups in total. The van der Waals surface area contributed by atoms with E-state index in [2.05, 4.69) is 545 Å². The molecule has 0 fully saturated rings. The number of fused-ring (bicyclic) bond motifs is 15. The monoisotopic (exact) mass is 1750 g/mol. The quantitative estimate of drug-likeness (QED) is 0.0891. The maximum atomic E-state index is 2.47. The summed E-state index contributed by atoms with van der Waals surface area (Å²) < 4.78 is 9.70. The van der Waals surface area contributed by atoms with Gasteiger partial charge < -0.3 is 23.2 Å². The van der Waals surface area contributed by atoms with Crippen molar-refractivity contribution in [3.63, 3.8) is 0 Å². The lowest BCUT2D eigenvalue weighted by atomic mass is 9.82. The van der Waals surface area contributed by atoms with Crippen LogP contribution in [0.25, 0.3) is 221 Å². The Morgan fingerprint density at radius 3 is 1.00 bits per heavy atom. The molecule has 5 heteroatoms. The van der Waals surface area contributed by atoms with Crippen molar-refractivity contribution in [3.8, 4) is 134 Å². The number of anilines is 3. The highest BCUT2D eigenvalue weighted by molar-refractivity contribution is 6.17. The van der Waals surface area contributed by atoms with Crippen LogP contribution in [0.2, 0.25) is 0 Å². The summed E-state index contributed by atoms with van der Waals surface area (Å²) in [6.07, 6.45) is 0. The Bertz CT molecular complexity index is 9300. The molecule has 22 aromatic carbocycles. The lowest BCUT2D eigenvalue weighted by molar-refractivity contribution is 1.02. The predicted molar refractivity (Wildman–Crippen MR) is 580 cm³/mol. The second-order valence-corrected chi connectivity index (χ2v) is 36.6. The summed E-state index contributed by atoms with van der Waals surface area (Å²) >= 11 is 0. The van der Waals surface area contributed by atoms with Crippen molar-refractivity contribution in [3.05, 3.63) is 538 Å². The normalized spacial score (nSPS) is 12.4. The Morgan fingerprint density at radius 2 is 0.435 bits per heavy atom. The highest BCUT2D eigenvalue weighted by atomic mass is 15.1. The molecule has 4 heterocycles. The lowest BCUT2D eigenvalue weighted by Gasteiger charge is -2.26. The van der Waals surface area contributed by atoms with Crippen LogP contribution in [0.15, 0.2) is 522 Å². The minimum Gasteiger partial charge on any atom is -0.310 e. The van der Waals surface area contributed by atoms with E-state index in [0.717, 1.165) is 89.8 Å². The number of para-hydroxylation sites is 7. The van der Waals surface area contributed by atoms with Gasteiger partial charge in [-0.1, -0.05) is 346 Å². The van der Waals surface area contributed by atoms with Gasteiger partial charge in [-0.3, -0.25) is 0 Å². The van der Waals surface area contributed by atoms with Crippen molar-refractivity contribution >= 4 is 104 Å². The van der Waals surface area contributed by atoms with E-state index in [4.69, 9.17) is 0 Å². The van der Waals surface area contributed by atoms with Crippen LogP contribution < -0.4 is 4.90 Å². The summed E-state index contributed by atoms with van der Waals surface area (Å²) in [5.41, 5.74) is 44.7. The Hall–Kier alpha value is -18.2. The molecule has 0 saturated heterocycles. The Morgan fingerprint density at radius 1 is 0.138 bits per heavy atom. The third-order valence-corrected chi connectivity index (χ3v) is 28.8. The van der Waals surface area contributed by atoms with E-state index in [0.29, 0.717) is 0 Å². The Labute approximate surface area is 800 Å². The first-order chi connectivity index (χ1) is 68.4. The first-order valence-corrected chi connectivity index (χ1v) is 47.7. The molecule has 26 aromatic rings. The fourth-order valence-corrected chi connectivity index (χ4v) is 22.4. The third kappa shape index (κ3) is 13.5. The van der Waals surface area contributed by atoms with Gasteiger partial charge in [0.15, 0.2) is 0 Å². The molecular weight excluding hydrogens is 1670 g/mol. The maximum absolute atomic E-state index is 2.47. The van der Waals surface area contributed by atoms with Crippen molar-refractivity contribution < 1.29 is 0 Å². The number of hydrogen-bond donors (Lipinski definition) is 0. The minimum atomic E-state index is -0.0175. The van der Waals surface area contributed by atoms with E-state index >= 15 is 0 Å². The van der Waals surface area contributed by atoms with E-state index in [9.17, 15) is 0 Å². The second-order valence-electron chi connectivity index (χ2n) is 36.6. The molecule has 5 nitrogen and oxygen atoms in total. The maximum Gasteiger partial charge on any atom is 0.0619 e. The fourth-order valence-electron chi connectivity index (χ4n) is 22.4. The standard InChI is InChI=1S/C133H87N5/c1-6-29-87(30-7-1)93-35-26-46-109(79-93)137-127-56-23-20-50-114(127)123-84-98(66-75-130(123)137)97-62-72-117-120(82-97)111-47-16-17-51-115(111)132(117)116-71-61-95(88-31-8-2-9-32-88)81-119(116)102-38-25-34-92(78-102)94-36-27-45-108(80-94)134(103-39-10-3-11-40-103)106-67-57-90(58-68-106)96-63-76-131-124(83-96)118-53-28-52-110(133(118)138(131)105-43-14-5-15-44-105)101-37-24-33-91(77-101)89-59-69-107(70-60-89)136-126-55-22-19-49-113(126)122-86-100(65-74-129(122)136)99-64-73-128-121(85-99)112-48-18-21-54-125(112)135(128)104-41-12-4-13-42-104/h1-86,132H. The van der Waals surface area contributed by atoms with Crippen LogP contribution in [0, 0.1) is 0 Å². The van der Waals surface area contributed by atoms with E-state index < -0.39 is 0 Å². The Kier molecular flexibility index (Phi) is 19.0. The average molecular weight is 1760 g/mol. The first-order valence-electron chi connectivity index (χ1n) is 47.7. The van der Waals surface area contributed by atoms with Gasteiger partial charge in [0.25, 0.3) is 0 Å². The topological polar surface area (TPSA) is 23.0 Å². The van der Waals surface area contributed by atoms with Crippen LogP contribution in [0.5, 0.6) is 0 Å². The highest BCUT2D eigenvalue weighted by Gasteiger charge is 2.33. The van der Waals surface area contributed by atoms with Crippen LogP contribution in [-0.2, 0) is 0 Å². The number of benzene rings is 22. The lowest BCUT2D eigenvalue weighted by Crippen LogP contribution is -2.09. The minimum absolute atomic E-state index is 0.0175. The summed E-state index contributed by atoms with van der Waals surface area (Å²) in [6, 6.07) is 193. The average Bonchev–Trinajstić information content (AvgIpc) is 1.58. The van der Waals surface area contributed by atoms with Gasteiger partial charge in [0.05, 0.1) is 44.1 Å². The predicted octanol–water partition coefficient (Wildman–Crippen LogP) is 35.7. The molecule has 27 rings (SSSR count). The summed E-state index contributed by atoms with van der Waals surface area (Å²) in [5, 5.41) is 9.80. The number of rotatable bonds is 17. The molecule has 0 spiro atoms. The molecule has 1 atom stereocenters. The van der Waals surface area contributed by atoms with Crippen molar-refractivity contribution in [2.24, 2.45) is 0 Å². The van der Waals surface area contributed by atoms with E-state index in [-0.39, 0.29) is 5.92 Å². The van der Waals surface area contributed by atoms with Crippen LogP contribution in [0.4, 0.5) is 17.1 Å². The molecular formula is C133H87N5. The number of aromatic nitrogens is 4. The van der Waals surface area contributed by atoms with E-state index in [1.54, 1.807) is 0 Å². The summed E-state index contributed by atoms with van der Waals surface area (Å²) in [6.45, 7) is 0. The summed E-state index contributed by atoms with van der Waals surface area (Å²) in [4.78, 5) is 2.39. The van der Waals surface area contributed by atoms with Crippen LogP contribution in [-0.4, -0.2) is 18.3 Å². The Balaban J connectivity index is 0.492. The SMILES string of the molecule is c1ccc(-c2cccc(-n3c4ccccc4c4cc(-c5ccc6c(c5)-c5ccccc5C6c5ccc(-c6ccccc6)cc5-c5cccc(-c6cccc(N(c7ccccc7)c7ccc(-c8ccc9c(c8)c8cccc(-c%10cccc(-c%11ccc(-n%12c%13ccccc%13c%13cc(-c%14ccc%15c(c%14)c%14ccccc%14n%15-c%14ccccc%14)ccc%13%12)cc%11)c%10)c8n9-c8ccccc8)cc7)c6)c5)ccc43)c2)cc1. The largest absolute Gasteiger partial charge is 0.310 e. The van der Waals surface area contributed by atoms with Gasteiger partial charge in [0, 0.05) is 94.4 Å². The molecule has 0 saturated carbocycles. The zero-order chi connectivity index (χ0) is 90.8. The van der Waals surface area contributed by atoms with Gasteiger partial charge in [0.2, 0.25) is 0 Å². The molecule has 0 bridgehead atoms. The summed E-state index contributed by atoms with van der Waals surface area (Å²) in [5.74, 6) is -0.0175. The molecule has 0 amide bonds. The first kappa shape index (κ1) is 79.6. The van der Waals surface area contributed by atoms with Gasteiger partial charge in [-0.15, -0.1) is 0 Å². The smallest absolute Gasteiger partial charge is 0.0619 e. The fraction of sp³-hybridized carbons (Fsp3) is 0.00752. The van der Waals surface area contributed by atoms with Crippen LogP contribution in [0.1, 0.15) is 22.6 Å². The van der Waals surface area contributed by atoms with Crippen LogP contribution >= 0.6 is 0 Å². The van der Waals surface area contributed by atoms with Gasteiger partial charge in [-0.25, -0.2) is 0 Å². The van der Waals surface area contributed by atoms with Gasteiger partial charge in [-0.2, -0.15) is 0 Å². The third-order valence-electron chi connectivity index (χ3n) is 28.8. The van der Waals surface area contributed by atoms with Gasteiger partial charge >= 0.3 is 0 Å². The zero-order valence-electron chi connectivity index (χ0n) is 75.5. The number of hydrogen-bond acceptors (Lipinski definition) is 1. The van der Waals surface area contributed by atoms with E-state index in [1.165, 1.54) is 165 Å². The molecule has 138 heavy (non-hydrogen) atoms. The van der Waals surface area contributed by atoms with Crippen LogP contribution in [0.3, 0.4) is 0 Å². The molecule has 644 valence electrons. The van der Waals surface area contributed by atoms with Crippen molar-refractivity contribution in [1.29, 1.82) is 0 Å². The van der Waals surface area contributed by atoms with E-state index in [1.807, 2.05) is 0 Å². The second kappa shape index (κ2) is 32.9. The summed E-state index contributed by atoms with van der Waals surface area (Å²) in [7, 11) is 0. The highest BCUT2D eigenvalue weighted by Crippen LogP contribution is 2.54. The molecule has 0 radical (unpaired) electrons. The van der Waals surface area contributed by atoms with Crippen molar-refractivity contribution in [2.75, 3.05) is 4.90 Å². The van der Waals surface area contributed by atoms with Crippen molar-refractivity contribution in [1.82, 2.24) is 18.3 Å². The zero-order valence-corrected chi connectivity index (χ0v) is 75.5.